The number of phenolic OH excluding ortho intramolecular Hbond substituents is 1. The average Bonchev–Trinajstić information content (AvgIpc) is 2.95. The molecular formula is C33H44F2O4. The number of aromatic hydroxyl groups is 1. The smallest absolute Gasteiger partial charge is 0.170 e. The summed E-state index contributed by atoms with van der Waals surface area (Å²) in [5.41, 5.74) is 1.50. The van der Waals surface area contributed by atoms with E-state index in [1.165, 1.54) is 12.1 Å². The van der Waals surface area contributed by atoms with Crippen LogP contribution in [0.25, 0.3) is 0 Å². The molecule has 2 atom stereocenters. The summed E-state index contributed by atoms with van der Waals surface area (Å²) in [6.07, 6.45) is 8.01. The van der Waals surface area contributed by atoms with Gasteiger partial charge in [-0.1, -0.05) is 120 Å². The summed E-state index contributed by atoms with van der Waals surface area (Å²) >= 11 is 0. The summed E-state index contributed by atoms with van der Waals surface area (Å²) in [7, 11) is 0. The summed E-state index contributed by atoms with van der Waals surface area (Å²) in [6.45, 7) is 4.57. The van der Waals surface area contributed by atoms with E-state index in [2.05, 4.69) is 13.8 Å². The Labute approximate surface area is 232 Å². The van der Waals surface area contributed by atoms with Crippen LogP contribution < -0.4 is 4.74 Å². The third-order valence-electron chi connectivity index (χ3n) is 6.62. The molecule has 3 rings (SSSR count). The number of benzene rings is 3. The second kappa shape index (κ2) is 18.3. The second-order valence-corrected chi connectivity index (χ2v) is 9.84. The average molecular weight is 543 g/mol. The molecule has 0 aromatic heterocycles. The predicted molar refractivity (Wildman–Crippen MR) is 153 cm³/mol. The molecule has 0 radical (unpaired) electrons. The fourth-order valence-electron chi connectivity index (χ4n) is 4.27. The minimum absolute atomic E-state index is 0.191. The van der Waals surface area contributed by atoms with E-state index in [-0.39, 0.29) is 11.3 Å². The molecule has 3 aromatic rings. The normalized spacial score (nSPS) is 12.4. The van der Waals surface area contributed by atoms with E-state index in [4.69, 9.17) is 4.74 Å². The highest BCUT2D eigenvalue weighted by Gasteiger charge is 2.17. The molecular weight excluding hydrogens is 498 g/mol. The number of hydrogen-bond acceptors (Lipinski definition) is 4. The summed E-state index contributed by atoms with van der Waals surface area (Å²) in [6, 6.07) is 18.9. The Morgan fingerprint density at radius 3 is 1.74 bits per heavy atom. The summed E-state index contributed by atoms with van der Waals surface area (Å²) in [5, 5.41) is 29.2. The molecule has 0 heterocycles. The van der Waals surface area contributed by atoms with E-state index in [1.807, 2.05) is 30.3 Å². The zero-order chi connectivity index (χ0) is 28.5. The molecule has 6 heteroatoms. The van der Waals surface area contributed by atoms with Crippen molar-refractivity contribution in [1.82, 2.24) is 0 Å². The summed E-state index contributed by atoms with van der Waals surface area (Å²) < 4.78 is 33.5. The predicted octanol–water partition coefficient (Wildman–Crippen LogP) is 8.94. The minimum atomic E-state index is -0.816. The zero-order valence-electron chi connectivity index (χ0n) is 23.3. The van der Waals surface area contributed by atoms with Crippen LogP contribution in [0.1, 0.15) is 107 Å². The van der Waals surface area contributed by atoms with Gasteiger partial charge >= 0.3 is 0 Å². The van der Waals surface area contributed by atoms with Gasteiger partial charge in [0.2, 0.25) is 0 Å². The van der Waals surface area contributed by atoms with Crippen molar-refractivity contribution >= 4 is 0 Å². The molecule has 0 fully saturated rings. The van der Waals surface area contributed by atoms with Crippen LogP contribution in [0.4, 0.5) is 8.78 Å². The SMILES string of the molecule is CCCCCC[C@H](O)c1cccc(O)c1F.CCCCCC[C@H](O)c1cccc(OCc2ccccc2)c1F. The Kier molecular flexibility index (Phi) is 15.2. The van der Waals surface area contributed by atoms with E-state index >= 15 is 0 Å². The van der Waals surface area contributed by atoms with E-state index < -0.39 is 29.6 Å². The van der Waals surface area contributed by atoms with Gasteiger partial charge in [0, 0.05) is 11.1 Å². The van der Waals surface area contributed by atoms with Crippen LogP contribution >= 0.6 is 0 Å². The molecule has 0 saturated heterocycles. The van der Waals surface area contributed by atoms with Crippen molar-refractivity contribution in [2.75, 3.05) is 0 Å². The molecule has 39 heavy (non-hydrogen) atoms. The third-order valence-corrected chi connectivity index (χ3v) is 6.62. The number of aliphatic hydroxyl groups excluding tert-OH is 2. The van der Waals surface area contributed by atoms with Gasteiger partial charge in [0.15, 0.2) is 23.1 Å². The van der Waals surface area contributed by atoms with Gasteiger partial charge in [-0.3, -0.25) is 0 Å². The van der Waals surface area contributed by atoms with Crippen LogP contribution in [0.3, 0.4) is 0 Å². The number of rotatable bonds is 15. The lowest BCUT2D eigenvalue weighted by Crippen LogP contribution is -2.04. The topological polar surface area (TPSA) is 69.9 Å². The summed E-state index contributed by atoms with van der Waals surface area (Å²) in [4.78, 5) is 0. The number of ether oxygens (including phenoxy) is 1. The van der Waals surface area contributed by atoms with E-state index in [1.54, 1.807) is 24.3 Å². The van der Waals surface area contributed by atoms with Crippen molar-refractivity contribution in [3.63, 3.8) is 0 Å². The van der Waals surface area contributed by atoms with E-state index in [9.17, 15) is 24.1 Å². The van der Waals surface area contributed by atoms with Crippen molar-refractivity contribution < 1.29 is 28.8 Å². The first-order chi connectivity index (χ1) is 18.9. The van der Waals surface area contributed by atoms with E-state index in [0.29, 0.717) is 25.0 Å². The van der Waals surface area contributed by atoms with Gasteiger partial charge in [-0.25, -0.2) is 8.78 Å². The van der Waals surface area contributed by atoms with Gasteiger partial charge in [0.25, 0.3) is 0 Å². The minimum Gasteiger partial charge on any atom is -0.505 e. The fourth-order valence-corrected chi connectivity index (χ4v) is 4.27. The lowest BCUT2D eigenvalue weighted by molar-refractivity contribution is 0.157. The Morgan fingerprint density at radius 1 is 0.641 bits per heavy atom. The lowest BCUT2D eigenvalue weighted by atomic mass is 10.0. The molecule has 0 spiro atoms. The third kappa shape index (κ3) is 11.4. The van der Waals surface area contributed by atoms with Crippen molar-refractivity contribution in [2.45, 2.75) is 96.9 Å². The molecule has 0 bridgehead atoms. The van der Waals surface area contributed by atoms with Gasteiger partial charge in [-0.05, 0) is 30.5 Å². The second-order valence-electron chi connectivity index (χ2n) is 9.84. The highest BCUT2D eigenvalue weighted by Crippen LogP contribution is 2.29. The molecule has 0 aliphatic rings. The first-order valence-electron chi connectivity index (χ1n) is 14.2. The molecule has 0 aliphatic heterocycles. The molecule has 0 amide bonds. The van der Waals surface area contributed by atoms with Crippen LogP contribution in [0, 0.1) is 11.6 Å². The van der Waals surface area contributed by atoms with Gasteiger partial charge in [-0.2, -0.15) is 0 Å². The number of aliphatic hydroxyl groups is 2. The number of halogens is 2. The van der Waals surface area contributed by atoms with Crippen LogP contribution in [-0.2, 0) is 6.61 Å². The standard InChI is InChI=1S/C20H25FO2.C13H19FO2/c1-2-3-4-8-13-18(22)17-12-9-14-19(20(17)21)23-15-16-10-6-5-7-11-16;1-2-3-4-5-8-11(15)10-7-6-9-12(16)13(10)14/h5-7,9-12,14,18,22H,2-4,8,13,15H2,1H3;6-7,9,11,15-16H,2-5,8H2,1H3/t18-;11-/m00/s1. The van der Waals surface area contributed by atoms with Crippen molar-refractivity contribution in [3.05, 3.63) is 95.1 Å². The van der Waals surface area contributed by atoms with Crippen molar-refractivity contribution in [3.8, 4) is 11.5 Å². The molecule has 4 nitrogen and oxygen atoms in total. The van der Waals surface area contributed by atoms with E-state index in [0.717, 1.165) is 56.9 Å². The first-order valence-corrected chi connectivity index (χ1v) is 14.2. The first kappa shape index (κ1) is 32.3. The van der Waals surface area contributed by atoms with Crippen LogP contribution in [0.5, 0.6) is 11.5 Å². The summed E-state index contributed by atoms with van der Waals surface area (Å²) in [5.74, 6) is -1.36. The van der Waals surface area contributed by atoms with Crippen LogP contribution in [0.15, 0.2) is 66.7 Å². The Bertz CT molecular complexity index is 1070. The Morgan fingerprint density at radius 2 is 1.18 bits per heavy atom. The number of phenols is 1. The number of hydrogen-bond donors (Lipinski definition) is 3. The molecule has 0 aliphatic carbocycles. The maximum atomic E-state index is 14.5. The van der Waals surface area contributed by atoms with Gasteiger partial charge in [0.05, 0.1) is 12.2 Å². The van der Waals surface area contributed by atoms with Crippen molar-refractivity contribution in [1.29, 1.82) is 0 Å². The van der Waals surface area contributed by atoms with Gasteiger partial charge in [-0.15, -0.1) is 0 Å². The molecule has 214 valence electrons. The maximum Gasteiger partial charge on any atom is 0.170 e. The molecule has 0 unspecified atom stereocenters. The van der Waals surface area contributed by atoms with Crippen LogP contribution in [0.2, 0.25) is 0 Å². The largest absolute Gasteiger partial charge is 0.505 e. The Balaban J connectivity index is 0.000000293. The van der Waals surface area contributed by atoms with Gasteiger partial charge < -0.3 is 20.1 Å². The van der Waals surface area contributed by atoms with Crippen LogP contribution in [-0.4, -0.2) is 15.3 Å². The molecule has 0 saturated carbocycles. The highest BCUT2D eigenvalue weighted by atomic mass is 19.1. The Hall–Kier alpha value is -2.96. The molecule has 3 N–H and O–H groups in total. The van der Waals surface area contributed by atoms with Crippen molar-refractivity contribution in [2.24, 2.45) is 0 Å². The lowest BCUT2D eigenvalue weighted by Gasteiger charge is -2.15. The highest BCUT2D eigenvalue weighted by molar-refractivity contribution is 5.33. The molecule has 3 aromatic carbocycles. The fraction of sp³-hybridized carbons (Fsp3) is 0.455. The zero-order valence-corrected chi connectivity index (χ0v) is 23.3. The quantitative estimate of drug-likeness (QED) is 0.168. The number of unbranched alkanes of at least 4 members (excludes halogenated alkanes) is 6. The van der Waals surface area contributed by atoms with Gasteiger partial charge in [0.1, 0.15) is 6.61 Å². The monoisotopic (exact) mass is 542 g/mol. The maximum absolute atomic E-state index is 14.5.